The largest absolute Gasteiger partial charge is 0.462 e. The molecule has 0 amide bonds. The van der Waals surface area contributed by atoms with Gasteiger partial charge in [-0.25, -0.2) is 0 Å². The molecule has 1 atom stereocenters. The molecule has 0 radical (unpaired) electrons. The lowest BCUT2D eigenvalue weighted by Gasteiger charge is -2.14. The number of nitrogens with one attached hydrogen (secondary N) is 1. The van der Waals surface area contributed by atoms with E-state index in [1.165, 1.54) is 0 Å². The van der Waals surface area contributed by atoms with Crippen molar-refractivity contribution in [3.8, 4) is 0 Å². The predicted molar refractivity (Wildman–Crippen MR) is 69.8 cm³/mol. The second-order valence-electron chi connectivity index (χ2n) is 4.90. The molecule has 0 aliphatic carbocycles. The number of hydrogen-bond acceptors (Lipinski definition) is 3. The molecule has 17 heavy (non-hydrogen) atoms. The van der Waals surface area contributed by atoms with Crippen LogP contribution < -0.4 is 5.32 Å². The van der Waals surface area contributed by atoms with Crippen molar-refractivity contribution in [1.82, 2.24) is 5.32 Å². The molecule has 0 saturated carbocycles. The van der Waals surface area contributed by atoms with Gasteiger partial charge in [0.15, 0.2) is 0 Å². The van der Waals surface area contributed by atoms with Crippen molar-refractivity contribution in [3.63, 3.8) is 0 Å². The Morgan fingerprint density at radius 2 is 1.94 bits per heavy atom. The van der Waals surface area contributed by atoms with Gasteiger partial charge in [0.05, 0.1) is 12.6 Å². The Bertz CT molecular complexity index is 307. The summed E-state index contributed by atoms with van der Waals surface area (Å²) in [5.41, 5.74) is 0. The Morgan fingerprint density at radius 1 is 1.24 bits per heavy atom. The molecular formula is C14H25NO2. The summed E-state index contributed by atoms with van der Waals surface area (Å²) < 4.78 is 11.4. The van der Waals surface area contributed by atoms with Crippen LogP contribution >= 0.6 is 0 Å². The molecule has 1 heterocycles. The number of hydrogen-bond donors (Lipinski definition) is 1. The van der Waals surface area contributed by atoms with E-state index in [0.717, 1.165) is 31.0 Å². The fourth-order valence-electron chi connectivity index (χ4n) is 1.80. The van der Waals surface area contributed by atoms with Crippen molar-refractivity contribution in [2.45, 2.75) is 53.4 Å². The zero-order valence-corrected chi connectivity index (χ0v) is 11.5. The molecule has 3 nitrogen and oxygen atoms in total. The Kier molecular flexibility index (Phi) is 6.30. The van der Waals surface area contributed by atoms with E-state index in [1.807, 2.05) is 12.1 Å². The van der Waals surface area contributed by atoms with Gasteiger partial charge in [0.25, 0.3) is 0 Å². The maximum absolute atomic E-state index is 5.74. The molecule has 1 rings (SSSR count). The van der Waals surface area contributed by atoms with Crippen LogP contribution in [-0.2, 0) is 17.9 Å². The molecule has 3 heteroatoms. The van der Waals surface area contributed by atoms with Gasteiger partial charge in [-0.05, 0) is 37.9 Å². The van der Waals surface area contributed by atoms with Crippen LogP contribution in [0.3, 0.4) is 0 Å². The van der Waals surface area contributed by atoms with E-state index in [-0.39, 0.29) is 6.10 Å². The van der Waals surface area contributed by atoms with Crippen LogP contribution in [0, 0.1) is 5.92 Å². The topological polar surface area (TPSA) is 34.4 Å². The lowest BCUT2D eigenvalue weighted by molar-refractivity contribution is 0.0298. The highest BCUT2D eigenvalue weighted by molar-refractivity contribution is 5.06. The predicted octanol–water partition coefficient (Wildman–Crippen LogP) is 3.34. The third-order valence-electron chi connectivity index (χ3n) is 2.58. The molecule has 0 spiro atoms. The van der Waals surface area contributed by atoms with Gasteiger partial charge >= 0.3 is 0 Å². The SMILES string of the molecule is CCNCc1ccc(COC(C)CC(C)C)o1. The average Bonchev–Trinajstić information content (AvgIpc) is 2.70. The van der Waals surface area contributed by atoms with Crippen LogP contribution in [0.25, 0.3) is 0 Å². The van der Waals surface area contributed by atoms with Crippen molar-refractivity contribution in [3.05, 3.63) is 23.7 Å². The first-order valence-corrected chi connectivity index (χ1v) is 6.51. The first-order chi connectivity index (χ1) is 8.11. The molecule has 98 valence electrons. The summed E-state index contributed by atoms with van der Waals surface area (Å²) in [6, 6.07) is 4.00. The Labute approximate surface area is 105 Å². The number of furan rings is 1. The van der Waals surface area contributed by atoms with Crippen molar-refractivity contribution in [2.24, 2.45) is 5.92 Å². The van der Waals surface area contributed by atoms with Crippen molar-refractivity contribution in [1.29, 1.82) is 0 Å². The fourth-order valence-corrected chi connectivity index (χ4v) is 1.80. The summed E-state index contributed by atoms with van der Waals surface area (Å²) in [4.78, 5) is 0. The monoisotopic (exact) mass is 239 g/mol. The highest BCUT2D eigenvalue weighted by atomic mass is 16.5. The Hall–Kier alpha value is -0.800. The lowest BCUT2D eigenvalue weighted by Crippen LogP contribution is -2.11. The van der Waals surface area contributed by atoms with Crippen LogP contribution in [0.15, 0.2) is 16.5 Å². The van der Waals surface area contributed by atoms with Gasteiger partial charge < -0.3 is 14.5 Å². The maximum Gasteiger partial charge on any atom is 0.129 e. The van der Waals surface area contributed by atoms with E-state index < -0.39 is 0 Å². The number of ether oxygens (including phenoxy) is 1. The first-order valence-electron chi connectivity index (χ1n) is 6.51. The minimum Gasteiger partial charge on any atom is -0.462 e. The second kappa shape index (κ2) is 7.51. The normalized spacial score (nSPS) is 13.2. The minimum absolute atomic E-state index is 0.289. The standard InChI is InChI=1S/C14H25NO2/c1-5-15-9-13-6-7-14(17-13)10-16-12(4)8-11(2)3/h6-7,11-12,15H,5,8-10H2,1-4H3. The van der Waals surface area contributed by atoms with E-state index in [1.54, 1.807) is 0 Å². The third kappa shape index (κ3) is 5.89. The fraction of sp³-hybridized carbons (Fsp3) is 0.714. The summed E-state index contributed by atoms with van der Waals surface area (Å²) >= 11 is 0. The molecule has 1 aromatic heterocycles. The van der Waals surface area contributed by atoms with Gasteiger partial charge in [-0.3, -0.25) is 0 Å². The van der Waals surface area contributed by atoms with E-state index in [9.17, 15) is 0 Å². The van der Waals surface area contributed by atoms with Gasteiger partial charge in [-0.1, -0.05) is 20.8 Å². The molecular weight excluding hydrogens is 214 g/mol. The molecule has 1 N–H and O–H groups in total. The van der Waals surface area contributed by atoms with Gasteiger partial charge in [-0.2, -0.15) is 0 Å². The molecule has 0 fully saturated rings. The molecule has 0 bridgehead atoms. The minimum atomic E-state index is 0.289. The average molecular weight is 239 g/mol. The smallest absolute Gasteiger partial charge is 0.129 e. The number of rotatable bonds is 8. The summed E-state index contributed by atoms with van der Waals surface area (Å²) in [5.74, 6) is 2.56. The van der Waals surface area contributed by atoms with Crippen LogP contribution in [-0.4, -0.2) is 12.6 Å². The van der Waals surface area contributed by atoms with Crippen LogP contribution in [0.5, 0.6) is 0 Å². The second-order valence-corrected chi connectivity index (χ2v) is 4.90. The van der Waals surface area contributed by atoms with Gasteiger partial charge in [0.1, 0.15) is 18.1 Å². The van der Waals surface area contributed by atoms with E-state index >= 15 is 0 Å². The maximum atomic E-state index is 5.74. The summed E-state index contributed by atoms with van der Waals surface area (Å²) in [5, 5.41) is 3.23. The molecule has 0 saturated heterocycles. The summed E-state index contributed by atoms with van der Waals surface area (Å²) in [7, 11) is 0. The van der Waals surface area contributed by atoms with Crippen LogP contribution in [0.2, 0.25) is 0 Å². The van der Waals surface area contributed by atoms with E-state index in [4.69, 9.17) is 9.15 Å². The van der Waals surface area contributed by atoms with Crippen molar-refractivity contribution >= 4 is 0 Å². The lowest BCUT2D eigenvalue weighted by atomic mass is 10.1. The van der Waals surface area contributed by atoms with Crippen LogP contribution in [0.1, 0.15) is 45.6 Å². The highest BCUT2D eigenvalue weighted by Gasteiger charge is 2.07. The van der Waals surface area contributed by atoms with Gasteiger partial charge in [0.2, 0.25) is 0 Å². The van der Waals surface area contributed by atoms with E-state index in [2.05, 4.69) is 33.0 Å². The van der Waals surface area contributed by atoms with Gasteiger partial charge in [0, 0.05) is 0 Å². The zero-order valence-electron chi connectivity index (χ0n) is 11.5. The Morgan fingerprint density at radius 3 is 2.59 bits per heavy atom. The van der Waals surface area contributed by atoms with Gasteiger partial charge in [-0.15, -0.1) is 0 Å². The zero-order chi connectivity index (χ0) is 12.7. The van der Waals surface area contributed by atoms with Crippen molar-refractivity contribution in [2.75, 3.05) is 6.54 Å². The third-order valence-corrected chi connectivity index (χ3v) is 2.58. The molecule has 1 unspecified atom stereocenters. The molecule has 0 aliphatic heterocycles. The van der Waals surface area contributed by atoms with Crippen molar-refractivity contribution < 1.29 is 9.15 Å². The Balaban J connectivity index is 2.29. The first kappa shape index (κ1) is 14.3. The molecule has 0 aliphatic rings. The van der Waals surface area contributed by atoms with E-state index in [0.29, 0.717) is 12.5 Å². The summed E-state index contributed by atoms with van der Waals surface area (Å²) in [6.45, 7) is 10.9. The van der Waals surface area contributed by atoms with Crippen LogP contribution in [0.4, 0.5) is 0 Å². The molecule has 1 aromatic rings. The summed E-state index contributed by atoms with van der Waals surface area (Å²) in [6.07, 6.45) is 1.38. The molecule has 0 aromatic carbocycles. The quantitative estimate of drug-likeness (QED) is 0.755. The highest BCUT2D eigenvalue weighted by Crippen LogP contribution is 2.13.